The summed E-state index contributed by atoms with van der Waals surface area (Å²) < 4.78 is 10.7. The molecule has 0 radical (unpaired) electrons. The minimum atomic E-state index is -0.500. The third kappa shape index (κ3) is 5.57. The molecule has 0 spiro atoms. The van der Waals surface area contributed by atoms with Crippen LogP contribution in [0.15, 0.2) is 34.3 Å². The molecule has 0 saturated carbocycles. The molecule has 0 heterocycles. The molecule has 4 nitrogen and oxygen atoms in total. The van der Waals surface area contributed by atoms with Gasteiger partial charge in [-0.05, 0) is 37.6 Å². The summed E-state index contributed by atoms with van der Waals surface area (Å²) in [6.45, 7) is 3.99. The average Bonchev–Trinajstić information content (AvgIpc) is 2.38. The first-order chi connectivity index (χ1) is 9.56. The van der Waals surface area contributed by atoms with Crippen molar-refractivity contribution >= 4 is 33.9 Å². The van der Waals surface area contributed by atoms with Crippen molar-refractivity contribution in [2.24, 2.45) is 0 Å². The summed E-state index contributed by atoms with van der Waals surface area (Å²) in [6.07, 6.45) is 1.54. The van der Waals surface area contributed by atoms with Gasteiger partial charge in [-0.1, -0.05) is 28.1 Å². The molecule has 20 heavy (non-hydrogen) atoms. The van der Waals surface area contributed by atoms with E-state index in [1.807, 2.05) is 24.3 Å². The van der Waals surface area contributed by atoms with Crippen LogP contribution in [-0.2, 0) is 19.1 Å². The lowest BCUT2D eigenvalue weighted by Crippen LogP contribution is -2.13. The van der Waals surface area contributed by atoms with E-state index in [0.717, 1.165) is 10.0 Å². The molecule has 0 saturated heterocycles. The van der Waals surface area contributed by atoms with Gasteiger partial charge in [-0.3, -0.25) is 4.79 Å². The largest absolute Gasteiger partial charge is 0.466 e. The van der Waals surface area contributed by atoms with E-state index < -0.39 is 11.9 Å². The Balaban J connectivity index is 2.97. The zero-order valence-corrected chi connectivity index (χ0v) is 13.1. The summed E-state index contributed by atoms with van der Waals surface area (Å²) in [6, 6.07) is 7.43. The van der Waals surface area contributed by atoms with E-state index >= 15 is 0 Å². The molecule has 108 valence electrons. The molecule has 0 N–H and O–H groups in total. The van der Waals surface area contributed by atoms with Gasteiger partial charge in [0, 0.05) is 10.0 Å². The number of carbonyl (C=O) groups excluding carboxylic acids is 2. The highest BCUT2D eigenvalue weighted by Crippen LogP contribution is 2.17. The summed E-state index contributed by atoms with van der Waals surface area (Å²) in [5.74, 6) is -0.942. The number of hydrogen-bond acceptors (Lipinski definition) is 4. The van der Waals surface area contributed by atoms with Gasteiger partial charge >= 0.3 is 11.9 Å². The lowest BCUT2D eigenvalue weighted by Gasteiger charge is -2.07. The molecule has 1 aromatic rings. The highest BCUT2D eigenvalue weighted by atomic mass is 79.9. The first kappa shape index (κ1) is 16.4. The van der Waals surface area contributed by atoms with Gasteiger partial charge < -0.3 is 9.47 Å². The predicted molar refractivity (Wildman–Crippen MR) is 80.0 cm³/mol. The van der Waals surface area contributed by atoms with Crippen LogP contribution in [0.5, 0.6) is 0 Å². The summed E-state index contributed by atoms with van der Waals surface area (Å²) in [5, 5.41) is 0. The Bertz CT molecular complexity index is 508. The van der Waals surface area contributed by atoms with Crippen molar-refractivity contribution in [1.29, 1.82) is 0 Å². The van der Waals surface area contributed by atoms with E-state index in [2.05, 4.69) is 15.9 Å². The lowest BCUT2D eigenvalue weighted by atomic mass is 10.1. The van der Waals surface area contributed by atoms with Gasteiger partial charge in [-0.25, -0.2) is 4.79 Å². The number of ether oxygens (including phenoxy) is 2. The Morgan fingerprint density at radius 1 is 1.20 bits per heavy atom. The van der Waals surface area contributed by atoms with E-state index in [0.29, 0.717) is 0 Å². The second-order valence-corrected chi connectivity index (χ2v) is 4.84. The Morgan fingerprint density at radius 2 is 1.90 bits per heavy atom. The molecule has 0 aliphatic rings. The van der Waals surface area contributed by atoms with Crippen LogP contribution in [0.1, 0.15) is 25.8 Å². The monoisotopic (exact) mass is 340 g/mol. The van der Waals surface area contributed by atoms with E-state index in [9.17, 15) is 9.59 Å². The molecule has 0 atom stereocenters. The SMILES string of the molecule is CCOC(=O)CC(=Cc1cccc(Br)c1)C(=O)OCC. The van der Waals surface area contributed by atoms with Crippen molar-refractivity contribution in [3.63, 3.8) is 0 Å². The summed E-state index contributed by atoms with van der Waals surface area (Å²) in [5.41, 5.74) is 1.09. The highest BCUT2D eigenvalue weighted by molar-refractivity contribution is 9.10. The van der Waals surface area contributed by atoms with Gasteiger partial charge in [0.2, 0.25) is 0 Å². The van der Waals surface area contributed by atoms with Gasteiger partial charge in [0.1, 0.15) is 0 Å². The minimum Gasteiger partial charge on any atom is -0.466 e. The fourth-order valence-electron chi connectivity index (χ4n) is 1.57. The molecule has 0 amide bonds. The zero-order chi connectivity index (χ0) is 15.0. The Kier molecular flexibility index (Phi) is 7.01. The van der Waals surface area contributed by atoms with Crippen LogP contribution in [0, 0.1) is 0 Å². The van der Waals surface area contributed by atoms with Crippen molar-refractivity contribution in [3.05, 3.63) is 39.9 Å². The highest BCUT2D eigenvalue weighted by Gasteiger charge is 2.16. The second kappa shape index (κ2) is 8.53. The summed E-state index contributed by atoms with van der Waals surface area (Å²) in [7, 11) is 0. The molecule has 1 rings (SSSR count). The van der Waals surface area contributed by atoms with Gasteiger partial charge in [0.25, 0.3) is 0 Å². The van der Waals surface area contributed by atoms with Crippen LogP contribution in [0.2, 0.25) is 0 Å². The fourth-order valence-corrected chi connectivity index (χ4v) is 1.99. The molecular weight excluding hydrogens is 324 g/mol. The van der Waals surface area contributed by atoms with Gasteiger partial charge in [-0.2, -0.15) is 0 Å². The molecule has 0 aliphatic carbocycles. The third-order valence-electron chi connectivity index (χ3n) is 2.37. The molecule has 0 aromatic heterocycles. The van der Waals surface area contributed by atoms with Crippen molar-refractivity contribution in [1.82, 2.24) is 0 Å². The van der Waals surface area contributed by atoms with Crippen LogP contribution in [0.25, 0.3) is 6.08 Å². The molecule has 1 aromatic carbocycles. The molecule has 0 unspecified atom stereocenters. The van der Waals surface area contributed by atoms with Gasteiger partial charge in [-0.15, -0.1) is 0 Å². The van der Waals surface area contributed by atoms with Gasteiger partial charge in [0.15, 0.2) is 0 Å². The maximum atomic E-state index is 11.9. The number of benzene rings is 1. The van der Waals surface area contributed by atoms with Crippen LogP contribution in [-0.4, -0.2) is 25.2 Å². The predicted octanol–water partition coefficient (Wildman–Crippen LogP) is 3.35. The fraction of sp³-hybridized carbons (Fsp3) is 0.333. The Hall–Kier alpha value is -1.62. The maximum Gasteiger partial charge on any atom is 0.334 e. The number of rotatable bonds is 6. The summed E-state index contributed by atoms with van der Waals surface area (Å²) in [4.78, 5) is 23.4. The van der Waals surface area contributed by atoms with Crippen LogP contribution in [0.4, 0.5) is 0 Å². The van der Waals surface area contributed by atoms with Crippen LogP contribution in [0.3, 0.4) is 0 Å². The molecular formula is C15H17BrO4. The zero-order valence-electron chi connectivity index (χ0n) is 11.5. The smallest absolute Gasteiger partial charge is 0.334 e. The molecule has 0 bridgehead atoms. The van der Waals surface area contributed by atoms with Crippen molar-refractivity contribution in [3.8, 4) is 0 Å². The standard InChI is InChI=1S/C15H17BrO4/c1-3-19-14(17)10-12(15(18)20-4-2)8-11-6-5-7-13(16)9-11/h5-9H,3-4,10H2,1-2H3. The van der Waals surface area contributed by atoms with Crippen LogP contribution < -0.4 is 0 Å². The van der Waals surface area contributed by atoms with Gasteiger partial charge in [0.05, 0.1) is 19.6 Å². The van der Waals surface area contributed by atoms with Crippen molar-refractivity contribution in [2.45, 2.75) is 20.3 Å². The number of esters is 2. The topological polar surface area (TPSA) is 52.6 Å². The maximum absolute atomic E-state index is 11.9. The normalized spacial score (nSPS) is 11.1. The quantitative estimate of drug-likeness (QED) is 0.588. The van der Waals surface area contributed by atoms with Crippen molar-refractivity contribution in [2.75, 3.05) is 13.2 Å². The molecule has 0 fully saturated rings. The van der Waals surface area contributed by atoms with E-state index in [4.69, 9.17) is 9.47 Å². The average molecular weight is 341 g/mol. The second-order valence-electron chi connectivity index (χ2n) is 3.93. The Labute approximate surface area is 126 Å². The Morgan fingerprint density at radius 3 is 2.50 bits per heavy atom. The van der Waals surface area contributed by atoms with E-state index in [1.165, 1.54) is 0 Å². The van der Waals surface area contributed by atoms with E-state index in [-0.39, 0.29) is 25.2 Å². The summed E-state index contributed by atoms with van der Waals surface area (Å²) >= 11 is 3.36. The first-order valence-corrected chi connectivity index (χ1v) is 7.15. The number of carbonyl (C=O) groups is 2. The van der Waals surface area contributed by atoms with Crippen molar-refractivity contribution < 1.29 is 19.1 Å². The van der Waals surface area contributed by atoms with E-state index in [1.54, 1.807) is 19.9 Å². The van der Waals surface area contributed by atoms with Crippen LogP contribution >= 0.6 is 15.9 Å². The molecule has 5 heteroatoms. The number of hydrogen-bond donors (Lipinski definition) is 0. The first-order valence-electron chi connectivity index (χ1n) is 6.35. The number of halogens is 1. The third-order valence-corrected chi connectivity index (χ3v) is 2.86. The minimum absolute atomic E-state index is 0.0980. The lowest BCUT2D eigenvalue weighted by molar-refractivity contribution is -0.145. The molecule has 0 aliphatic heterocycles.